The third kappa shape index (κ3) is 8.45. The van der Waals surface area contributed by atoms with Crippen molar-refractivity contribution in [2.45, 2.75) is 83.4 Å². The maximum Gasteiger partial charge on any atom is 0.416 e. The number of hydrogen-bond acceptors (Lipinski definition) is 9. The first-order valence-electron chi connectivity index (χ1n) is 16.9. The van der Waals surface area contributed by atoms with Gasteiger partial charge in [-0.25, -0.2) is 19.6 Å². The zero-order valence-corrected chi connectivity index (χ0v) is 29.0. The van der Waals surface area contributed by atoms with E-state index in [1.807, 2.05) is 19.8 Å². The first-order valence-corrected chi connectivity index (χ1v) is 16.9. The van der Waals surface area contributed by atoms with Crippen molar-refractivity contribution in [2.75, 3.05) is 42.0 Å². The van der Waals surface area contributed by atoms with E-state index in [2.05, 4.69) is 10.3 Å². The molecule has 0 spiro atoms. The Labute approximate surface area is 296 Å². The van der Waals surface area contributed by atoms with Crippen LogP contribution in [0.2, 0.25) is 0 Å². The molecule has 1 aromatic carbocycles. The molecular weight excluding hydrogens is 696 g/mol. The second kappa shape index (κ2) is 15.8. The highest BCUT2D eigenvalue weighted by atomic mass is 19.4. The zero-order chi connectivity index (χ0) is 37.8. The summed E-state index contributed by atoms with van der Waals surface area (Å²) in [5.41, 5.74) is -1.59. The molecule has 280 valence electrons. The Morgan fingerprint density at radius 3 is 2.25 bits per heavy atom. The van der Waals surface area contributed by atoms with Crippen molar-refractivity contribution >= 4 is 29.2 Å². The lowest BCUT2D eigenvalue weighted by Crippen LogP contribution is -2.46. The molecule has 5 rings (SSSR count). The number of aromatic nitrogens is 2. The number of rotatable bonds is 10. The minimum atomic E-state index is -5.04. The molecule has 0 saturated carbocycles. The second-order valence-corrected chi connectivity index (χ2v) is 12.3. The van der Waals surface area contributed by atoms with Gasteiger partial charge >= 0.3 is 18.4 Å². The average molecular weight is 736 g/mol. The summed E-state index contributed by atoms with van der Waals surface area (Å²) in [5, 5.41) is 3.33. The molecule has 16 heteroatoms. The summed E-state index contributed by atoms with van der Waals surface area (Å²) in [4.78, 5) is 37.7. The molecule has 2 aromatic heterocycles. The maximum absolute atomic E-state index is 13.8. The Hall–Kier alpha value is -4.82. The molecule has 1 saturated heterocycles. The lowest BCUT2D eigenvalue weighted by atomic mass is 9.93. The summed E-state index contributed by atoms with van der Waals surface area (Å²) in [6.45, 7) is 6.29. The van der Waals surface area contributed by atoms with Crippen LogP contribution in [0.25, 0.3) is 0 Å². The molecule has 0 aliphatic carbocycles. The summed E-state index contributed by atoms with van der Waals surface area (Å²) in [5.74, 6) is 2.45. The first kappa shape index (κ1) is 38.4. The fourth-order valence-corrected chi connectivity index (χ4v) is 6.65. The predicted molar refractivity (Wildman–Crippen MR) is 180 cm³/mol. The standard InChI is InChI=1S/C36H39F6N5O5/c1-5-24-19-28(33-30(9-11-32(45-33)50-4)47(24)34(49)52-7-3)44-31-10-8-29(46-13-12-26(51-6-2)18-25(46)20-48)27(43-31)16-21-14-22(35(37,38)39)17-23(15-21)36(40,41)42/h8-11,14-15,17,24,26,28H,5-7,12-13,16,18-19H2,1-4H3,(H,43,44)/t24-,26?,28+/m1/s1. The number of methoxy groups -OCH3 is 1. The molecule has 3 aromatic rings. The summed E-state index contributed by atoms with van der Waals surface area (Å²) in [6.07, 6.45) is -9.71. The van der Waals surface area contributed by atoms with Crippen LogP contribution < -0.4 is 19.9 Å². The molecule has 1 amide bonds. The van der Waals surface area contributed by atoms with Gasteiger partial charge in [0.2, 0.25) is 5.88 Å². The van der Waals surface area contributed by atoms with E-state index in [4.69, 9.17) is 19.2 Å². The van der Waals surface area contributed by atoms with Crippen LogP contribution in [-0.2, 0) is 33.0 Å². The van der Waals surface area contributed by atoms with Crippen molar-refractivity contribution in [3.8, 4) is 5.88 Å². The average Bonchev–Trinajstić information content (AvgIpc) is 3.10. The van der Waals surface area contributed by atoms with Crippen molar-refractivity contribution < 1.29 is 50.1 Å². The number of halogens is 6. The third-order valence-electron chi connectivity index (χ3n) is 9.01. The van der Waals surface area contributed by atoms with E-state index in [0.717, 1.165) is 0 Å². The van der Waals surface area contributed by atoms with Gasteiger partial charge in [-0.3, -0.25) is 4.90 Å². The van der Waals surface area contributed by atoms with E-state index in [9.17, 15) is 35.9 Å². The zero-order valence-electron chi connectivity index (χ0n) is 29.0. The van der Waals surface area contributed by atoms with Crippen LogP contribution in [0.1, 0.15) is 80.6 Å². The Balaban J connectivity index is 1.60. The van der Waals surface area contributed by atoms with Crippen molar-refractivity contribution in [2.24, 2.45) is 0 Å². The highest BCUT2D eigenvalue weighted by Crippen LogP contribution is 2.42. The van der Waals surface area contributed by atoms with Crippen LogP contribution in [0.5, 0.6) is 5.88 Å². The smallest absolute Gasteiger partial charge is 0.416 e. The number of fused-ring (bicyclic) bond motifs is 1. The van der Waals surface area contributed by atoms with E-state index < -0.39 is 42.0 Å². The number of nitrogens with one attached hydrogen (secondary N) is 1. The van der Waals surface area contributed by atoms with Crippen LogP contribution in [-0.4, -0.2) is 61.0 Å². The number of anilines is 3. The number of amides is 1. The number of piperidine rings is 1. The van der Waals surface area contributed by atoms with E-state index in [0.29, 0.717) is 55.1 Å². The van der Waals surface area contributed by atoms with Crippen LogP contribution in [0.15, 0.2) is 48.2 Å². The molecule has 4 heterocycles. The van der Waals surface area contributed by atoms with E-state index in [1.165, 1.54) is 12.0 Å². The monoisotopic (exact) mass is 735 g/mol. The van der Waals surface area contributed by atoms with Gasteiger partial charge in [0.15, 0.2) is 0 Å². The lowest BCUT2D eigenvalue weighted by molar-refractivity contribution is -0.143. The van der Waals surface area contributed by atoms with Crippen molar-refractivity contribution in [3.63, 3.8) is 0 Å². The largest absolute Gasteiger partial charge is 0.481 e. The molecular formula is C36H39F6N5O5. The van der Waals surface area contributed by atoms with Gasteiger partial charge < -0.3 is 24.4 Å². The minimum Gasteiger partial charge on any atom is -0.481 e. The third-order valence-corrected chi connectivity index (χ3v) is 9.01. The SMILES string of the molecule is CCOC(=O)N1c2ccc(OC)nc2[C@@H](Nc2ccc(N3CCC(OCC)CC3=C=O)c(Cc3cc(C(F)(F)F)cc(C(F)(F)F)c3)n2)C[C@H]1CC. The number of hydrogen-bond donors (Lipinski definition) is 1. The van der Waals surface area contributed by atoms with Gasteiger partial charge in [0.25, 0.3) is 0 Å². The fraction of sp³-hybridized carbons (Fsp3) is 0.472. The van der Waals surface area contributed by atoms with E-state index in [-0.39, 0.29) is 66.4 Å². The number of ether oxygens (including phenoxy) is 3. The second-order valence-electron chi connectivity index (χ2n) is 12.3. The van der Waals surface area contributed by atoms with Crippen molar-refractivity contribution in [1.82, 2.24) is 9.97 Å². The van der Waals surface area contributed by atoms with Gasteiger partial charge in [-0.05, 0) is 75.1 Å². The van der Waals surface area contributed by atoms with Crippen molar-refractivity contribution in [1.29, 1.82) is 0 Å². The molecule has 10 nitrogen and oxygen atoms in total. The van der Waals surface area contributed by atoms with Crippen molar-refractivity contribution in [3.05, 3.63) is 76.2 Å². The lowest BCUT2D eigenvalue weighted by Gasteiger charge is -2.39. The molecule has 0 bridgehead atoms. The Morgan fingerprint density at radius 1 is 0.962 bits per heavy atom. The number of carbonyl (C=O) groups excluding carboxylic acids is 2. The molecule has 52 heavy (non-hydrogen) atoms. The molecule has 2 aliphatic rings. The summed E-state index contributed by atoms with van der Waals surface area (Å²) < 4.78 is 99.3. The summed E-state index contributed by atoms with van der Waals surface area (Å²) in [7, 11) is 1.45. The Morgan fingerprint density at radius 2 is 1.65 bits per heavy atom. The van der Waals surface area contributed by atoms with E-state index >= 15 is 0 Å². The van der Waals surface area contributed by atoms with Crippen LogP contribution in [0.3, 0.4) is 0 Å². The molecule has 1 fully saturated rings. The molecule has 1 unspecified atom stereocenters. The Bertz CT molecular complexity index is 1780. The maximum atomic E-state index is 13.8. The van der Waals surface area contributed by atoms with Gasteiger partial charge in [-0.1, -0.05) is 6.92 Å². The van der Waals surface area contributed by atoms with Crippen LogP contribution in [0.4, 0.5) is 48.3 Å². The highest BCUT2D eigenvalue weighted by Gasteiger charge is 2.39. The summed E-state index contributed by atoms with van der Waals surface area (Å²) >= 11 is 0. The molecule has 1 N–H and O–H groups in total. The highest BCUT2D eigenvalue weighted by molar-refractivity contribution is 5.90. The van der Waals surface area contributed by atoms with E-state index in [1.54, 1.807) is 36.1 Å². The molecule has 0 radical (unpaired) electrons. The van der Waals surface area contributed by atoms with Gasteiger partial charge in [0, 0.05) is 38.1 Å². The van der Waals surface area contributed by atoms with Gasteiger partial charge in [-0.2, -0.15) is 26.3 Å². The minimum absolute atomic E-state index is 0.0765. The predicted octanol–water partition coefficient (Wildman–Crippen LogP) is 8.13. The number of pyridine rings is 2. The Kier molecular flexibility index (Phi) is 11.7. The quantitative estimate of drug-likeness (QED) is 0.163. The fourth-order valence-electron chi connectivity index (χ4n) is 6.65. The number of benzene rings is 1. The molecule has 2 aliphatic heterocycles. The normalized spacial score (nSPS) is 19.2. The number of alkyl halides is 6. The molecule has 3 atom stereocenters. The summed E-state index contributed by atoms with van der Waals surface area (Å²) in [6, 6.07) is 7.08. The van der Waals surface area contributed by atoms with Crippen LogP contribution in [0, 0.1) is 0 Å². The van der Waals surface area contributed by atoms with Gasteiger partial charge in [0.1, 0.15) is 17.5 Å². The first-order chi connectivity index (χ1) is 24.7. The number of carbonyl (C=O) groups is 1. The van der Waals surface area contributed by atoms with Crippen LogP contribution >= 0.6 is 0 Å². The van der Waals surface area contributed by atoms with Gasteiger partial charge in [0.05, 0.1) is 59.8 Å². The van der Waals surface area contributed by atoms with Gasteiger partial charge in [-0.15, -0.1) is 0 Å². The topological polar surface area (TPSA) is 106 Å². The number of nitrogens with zero attached hydrogens (tertiary/aromatic N) is 4.